The Morgan fingerprint density at radius 2 is 1.93 bits per heavy atom. The SMILES string of the molecule is C=C(F)C(=O)N1CCN(c2nc(OCC3CCCN3C)nc3nc(-c4cccc5cccc(Cl)c45)ccc23)C[C@@H]1CC#N. The molecular weight excluding hydrogens is 569 g/mol. The number of rotatable bonds is 7. The number of fused-ring (bicyclic) bond motifs is 2. The van der Waals surface area contributed by atoms with Gasteiger partial charge in [-0.15, -0.1) is 0 Å². The monoisotopic (exact) mass is 599 g/mol. The summed E-state index contributed by atoms with van der Waals surface area (Å²) in [5.41, 5.74) is 2.04. The molecule has 43 heavy (non-hydrogen) atoms. The number of aromatic nitrogens is 3. The molecule has 11 heteroatoms. The molecule has 1 unspecified atom stereocenters. The second kappa shape index (κ2) is 12.1. The van der Waals surface area contributed by atoms with Crippen molar-refractivity contribution in [1.29, 1.82) is 5.26 Å². The van der Waals surface area contributed by atoms with Crippen LogP contribution >= 0.6 is 11.6 Å². The van der Waals surface area contributed by atoms with E-state index in [0.29, 0.717) is 40.7 Å². The van der Waals surface area contributed by atoms with E-state index < -0.39 is 17.8 Å². The Balaban J connectivity index is 1.41. The molecule has 0 aliphatic carbocycles. The molecule has 0 spiro atoms. The molecule has 2 fully saturated rings. The van der Waals surface area contributed by atoms with Crippen molar-refractivity contribution in [3.8, 4) is 23.3 Å². The number of likely N-dealkylation sites (N-methyl/N-ethyl adjacent to an activating group) is 1. The molecule has 0 bridgehead atoms. The third-order valence-electron chi connectivity index (χ3n) is 8.33. The standard InChI is InChI=1S/C32H31ClFN7O2/c1-20(34)31(42)41-17-16-40(18-22(41)13-14-35)30-25-11-12-27(24-9-3-6-21-7-4-10-26(33)28(21)24)36-29(25)37-32(38-30)43-19-23-8-5-15-39(23)2/h3-4,6-7,9-12,22-23H,1,5,8,13,15-19H2,2H3/t22-,23?/m0/s1. The second-order valence-electron chi connectivity index (χ2n) is 11.0. The van der Waals surface area contributed by atoms with E-state index in [0.717, 1.165) is 35.7 Å². The van der Waals surface area contributed by atoms with Crippen LogP contribution in [0, 0.1) is 11.3 Å². The second-order valence-corrected chi connectivity index (χ2v) is 11.4. The molecule has 2 aliphatic rings. The minimum Gasteiger partial charge on any atom is -0.462 e. The van der Waals surface area contributed by atoms with Gasteiger partial charge >= 0.3 is 6.01 Å². The summed E-state index contributed by atoms with van der Waals surface area (Å²) in [5.74, 6) is -1.25. The number of amides is 1. The van der Waals surface area contributed by atoms with Gasteiger partial charge in [0.25, 0.3) is 5.91 Å². The van der Waals surface area contributed by atoms with E-state index in [1.54, 1.807) is 0 Å². The lowest BCUT2D eigenvalue weighted by molar-refractivity contribution is -0.131. The predicted octanol–water partition coefficient (Wildman–Crippen LogP) is 5.39. The van der Waals surface area contributed by atoms with Crippen LogP contribution in [0.3, 0.4) is 0 Å². The molecule has 0 radical (unpaired) electrons. The van der Waals surface area contributed by atoms with Crippen LogP contribution in [0.4, 0.5) is 10.2 Å². The molecule has 220 valence electrons. The van der Waals surface area contributed by atoms with Crippen LogP contribution in [0.1, 0.15) is 19.3 Å². The van der Waals surface area contributed by atoms with E-state index in [4.69, 9.17) is 31.3 Å². The highest BCUT2D eigenvalue weighted by molar-refractivity contribution is 6.36. The summed E-state index contributed by atoms with van der Waals surface area (Å²) in [7, 11) is 2.08. The number of nitriles is 1. The van der Waals surface area contributed by atoms with E-state index in [2.05, 4.69) is 24.6 Å². The third kappa shape index (κ3) is 5.70. The van der Waals surface area contributed by atoms with E-state index in [1.165, 1.54) is 4.90 Å². The van der Waals surface area contributed by atoms with Gasteiger partial charge in [0.2, 0.25) is 0 Å². The zero-order chi connectivity index (χ0) is 30.1. The summed E-state index contributed by atoms with van der Waals surface area (Å²) in [6.45, 7) is 5.49. The minimum absolute atomic E-state index is 0.0418. The van der Waals surface area contributed by atoms with Gasteiger partial charge in [-0.25, -0.2) is 9.37 Å². The Kier molecular flexibility index (Phi) is 8.10. The number of halogens is 2. The van der Waals surface area contributed by atoms with Gasteiger partial charge < -0.3 is 19.4 Å². The molecule has 9 nitrogen and oxygen atoms in total. The first kappa shape index (κ1) is 28.8. The lowest BCUT2D eigenvalue weighted by atomic mass is 10.0. The summed E-state index contributed by atoms with van der Waals surface area (Å²) in [5, 5.41) is 12.7. The molecule has 2 aromatic heterocycles. The first-order valence-corrected chi connectivity index (χ1v) is 14.7. The zero-order valence-electron chi connectivity index (χ0n) is 23.8. The average molecular weight is 600 g/mol. The van der Waals surface area contributed by atoms with Gasteiger partial charge in [0.05, 0.1) is 29.6 Å². The largest absolute Gasteiger partial charge is 0.462 e. The Labute approximate surface area is 254 Å². The van der Waals surface area contributed by atoms with Crippen molar-refractivity contribution in [1.82, 2.24) is 24.8 Å². The summed E-state index contributed by atoms with van der Waals surface area (Å²) in [6, 6.07) is 17.7. The number of pyridine rings is 1. The van der Waals surface area contributed by atoms with E-state index in [1.807, 2.05) is 53.4 Å². The number of piperazine rings is 1. The molecule has 0 saturated carbocycles. The van der Waals surface area contributed by atoms with Gasteiger partial charge in [0.1, 0.15) is 12.4 Å². The Hall–Kier alpha value is -4.33. The fourth-order valence-corrected chi connectivity index (χ4v) is 6.33. The lowest BCUT2D eigenvalue weighted by Gasteiger charge is -2.41. The van der Waals surface area contributed by atoms with E-state index in [-0.39, 0.29) is 31.6 Å². The molecular formula is C32H31ClFN7O2. The maximum atomic E-state index is 13.8. The van der Waals surface area contributed by atoms with Crippen LogP contribution < -0.4 is 9.64 Å². The number of carbonyl (C=O) groups excluding carboxylic acids is 1. The van der Waals surface area contributed by atoms with Crippen molar-refractivity contribution >= 4 is 45.1 Å². The zero-order valence-corrected chi connectivity index (χ0v) is 24.6. The molecule has 2 aromatic carbocycles. The van der Waals surface area contributed by atoms with Gasteiger partial charge in [-0.1, -0.05) is 48.5 Å². The summed E-state index contributed by atoms with van der Waals surface area (Å²) >= 11 is 6.63. The van der Waals surface area contributed by atoms with Crippen molar-refractivity contribution in [3.05, 3.63) is 66.0 Å². The molecule has 2 saturated heterocycles. The fraction of sp³-hybridized carbons (Fsp3) is 0.344. The van der Waals surface area contributed by atoms with Crippen molar-refractivity contribution in [2.75, 3.05) is 44.7 Å². The van der Waals surface area contributed by atoms with Crippen molar-refractivity contribution in [2.24, 2.45) is 0 Å². The molecule has 4 aromatic rings. The number of nitrogens with zero attached hydrogens (tertiary/aromatic N) is 7. The van der Waals surface area contributed by atoms with Crippen molar-refractivity contribution in [2.45, 2.75) is 31.3 Å². The number of likely N-dealkylation sites (tertiary alicyclic amines) is 1. The Morgan fingerprint density at radius 3 is 2.67 bits per heavy atom. The maximum absolute atomic E-state index is 13.8. The van der Waals surface area contributed by atoms with Crippen LogP contribution in [0.15, 0.2) is 60.9 Å². The summed E-state index contributed by atoms with van der Waals surface area (Å²) in [4.78, 5) is 32.6. The highest BCUT2D eigenvalue weighted by atomic mass is 35.5. The van der Waals surface area contributed by atoms with Crippen LogP contribution in [0.5, 0.6) is 6.01 Å². The quantitative estimate of drug-likeness (QED) is 0.261. The van der Waals surface area contributed by atoms with Crippen LogP contribution in [0.2, 0.25) is 5.02 Å². The number of benzene rings is 2. The molecule has 2 atom stereocenters. The van der Waals surface area contributed by atoms with Gasteiger partial charge in [-0.05, 0) is 50.0 Å². The number of hydrogen-bond acceptors (Lipinski definition) is 8. The average Bonchev–Trinajstić information content (AvgIpc) is 3.43. The van der Waals surface area contributed by atoms with Crippen LogP contribution in [-0.2, 0) is 4.79 Å². The number of carbonyl (C=O) groups is 1. The Bertz CT molecular complexity index is 1750. The number of anilines is 1. The number of hydrogen-bond donors (Lipinski definition) is 0. The smallest absolute Gasteiger partial charge is 0.320 e. The van der Waals surface area contributed by atoms with E-state index >= 15 is 0 Å². The molecule has 6 rings (SSSR count). The van der Waals surface area contributed by atoms with Crippen molar-refractivity contribution in [3.63, 3.8) is 0 Å². The normalized spacial score (nSPS) is 19.1. The minimum atomic E-state index is -1.04. The highest BCUT2D eigenvalue weighted by Crippen LogP contribution is 2.35. The van der Waals surface area contributed by atoms with Gasteiger partial charge in [0.15, 0.2) is 11.5 Å². The van der Waals surface area contributed by atoms with Crippen LogP contribution in [-0.4, -0.2) is 82.6 Å². The summed E-state index contributed by atoms with van der Waals surface area (Å²) < 4.78 is 19.9. The maximum Gasteiger partial charge on any atom is 0.320 e. The number of ether oxygens (including phenoxy) is 1. The molecule has 1 amide bonds. The highest BCUT2D eigenvalue weighted by Gasteiger charge is 2.33. The Morgan fingerprint density at radius 1 is 1.12 bits per heavy atom. The topological polar surface area (TPSA) is 98.5 Å². The van der Waals surface area contributed by atoms with Crippen LogP contribution in [0.25, 0.3) is 33.1 Å². The van der Waals surface area contributed by atoms with Gasteiger partial charge in [-0.2, -0.15) is 15.2 Å². The lowest BCUT2D eigenvalue weighted by Crippen LogP contribution is -2.55. The first-order chi connectivity index (χ1) is 20.8. The predicted molar refractivity (Wildman–Crippen MR) is 165 cm³/mol. The molecule has 2 aliphatic heterocycles. The van der Waals surface area contributed by atoms with E-state index in [9.17, 15) is 14.4 Å². The summed E-state index contributed by atoms with van der Waals surface area (Å²) in [6.07, 6.45) is 2.19. The third-order valence-corrected chi connectivity index (χ3v) is 8.64. The fourth-order valence-electron chi connectivity index (χ4n) is 6.05. The molecule has 0 N–H and O–H groups in total. The van der Waals surface area contributed by atoms with Crippen molar-refractivity contribution < 1.29 is 13.9 Å². The first-order valence-electron chi connectivity index (χ1n) is 14.3. The van der Waals surface area contributed by atoms with Gasteiger partial charge in [-0.3, -0.25) is 4.79 Å². The van der Waals surface area contributed by atoms with Gasteiger partial charge in [0, 0.05) is 41.6 Å². The molecule has 4 heterocycles.